The zero-order valence-electron chi connectivity index (χ0n) is 24.7. The van der Waals surface area contributed by atoms with Crippen molar-refractivity contribution in [1.29, 1.82) is 0 Å². The van der Waals surface area contributed by atoms with Gasteiger partial charge in [-0.25, -0.2) is 4.98 Å². The van der Waals surface area contributed by atoms with Crippen LogP contribution in [0.2, 0.25) is 5.02 Å². The van der Waals surface area contributed by atoms with E-state index in [2.05, 4.69) is 15.6 Å². The second-order valence-corrected chi connectivity index (χ2v) is 11.2. The van der Waals surface area contributed by atoms with E-state index in [1.807, 2.05) is 60.7 Å². The van der Waals surface area contributed by atoms with Crippen molar-refractivity contribution in [2.75, 3.05) is 19.7 Å². The molecule has 0 radical (unpaired) electrons. The first-order valence-corrected chi connectivity index (χ1v) is 15.0. The third kappa shape index (κ3) is 8.84. The van der Waals surface area contributed by atoms with Crippen LogP contribution in [-0.2, 0) is 28.9 Å². The Morgan fingerprint density at radius 2 is 1.70 bits per heavy atom. The molecule has 4 aromatic rings. The number of amides is 2. The molecule has 1 fully saturated rings. The highest BCUT2D eigenvalue weighted by Crippen LogP contribution is 2.36. The van der Waals surface area contributed by atoms with E-state index in [9.17, 15) is 22.8 Å². The van der Waals surface area contributed by atoms with Crippen molar-refractivity contribution >= 4 is 23.4 Å². The van der Waals surface area contributed by atoms with E-state index in [4.69, 9.17) is 21.1 Å². The minimum absolute atomic E-state index is 0.0387. The van der Waals surface area contributed by atoms with Gasteiger partial charge in [-0.3, -0.25) is 9.59 Å². The first-order valence-electron chi connectivity index (χ1n) is 14.7. The van der Waals surface area contributed by atoms with Gasteiger partial charge in [0.05, 0.1) is 23.8 Å². The maximum atomic E-state index is 13.8. The molecule has 0 aliphatic carbocycles. The fourth-order valence-corrected chi connectivity index (χ4v) is 5.21. The molecular weight excluding hydrogens is 621 g/mol. The molecule has 2 unspecified atom stereocenters. The molecule has 5 rings (SSSR count). The molecule has 0 saturated carbocycles. The highest BCUT2D eigenvalue weighted by atomic mass is 35.5. The normalized spacial score (nSPS) is 15.4. The molecule has 2 amide bonds. The predicted octanol–water partition coefficient (Wildman–Crippen LogP) is 6.25. The summed E-state index contributed by atoms with van der Waals surface area (Å²) in [4.78, 5) is 33.1. The van der Waals surface area contributed by atoms with Gasteiger partial charge in [0, 0.05) is 31.9 Å². The van der Waals surface area contributed by atoms with E-state index in [1.54, 1.807) is 4.90 Å². The Balaban J connectivity index is 1.28. The molecule has 2 heterocycles. The Morgan fingerprint density at radius 3 is 2.39 bits per heavy atom. The summed E-state index contributed by atoms with van der Waals surface area (Å²) in [6.45, 7) is 1.77. The van der Waals surface area contributed by atoms with Crippen molar-refractivity contribution < 1.29 is 32.2 Å². The molecule has 1 aliphatic heterocycles. The molecule has 46 heavy (non-hydrogen) atoms. The Kier molecular flexibility index (Phi) is 10.9. The SMILES string of the molecule is O=C(NC(COCc1ccccc1)C(=O)N1CCC(NCc2ccccc2)C1)c1cccnc1Oc1ccc(C(F)(F)F)cc1Cl. The van der Waals surface area contributed by atoms with Crippen molar-refractivity contribution in [2.24, 2.45) is 0 Å². The third-order valence-electron chi connectivity index (χ3n) is 7.42. The van der Waals surface area contributed by atoms with Crippen LogP contribution in [0.15, 0.2) is 97.2 Å². The number of hydrogen-bond donors (Lipinski definition) is 2. The van der Waals surface area contributed by atoms with E-state index in [0.717, 1.165) is 35.7 Å². The monoisotopic (exact) mass is 652 g/mol. The molecule has 3 aromatic carbocycles. The second kappa shape index (κ2) is 15.2. The van der Waals surface area contributed by atoms with Crippen molar-refractivity contribution in [3.8, 4) is 11.6 Å². The van der Waals surface area contributed by atoms with E-state index in [1.165, 1.54) is 18.3 Å². The van der Waals surface area contributed by atoms with Gasteiger partial charge in [-0.2, -0.15) is 13.2 Å². The summed E-state index contributed by atoms with van der Waals surface area (Å²) in [5.41, 5.74) is 1.06. The standard InChI is InChI=1S/C34H32ClF3N4O4/c35-28-18-25(34(36,37)38)13-14-30(28)46-32-27(12-7-16-39-32)31(43)41-29(22-45-21-24-10-5-2-6-11-24)33(44)42-17-15-26(20-42)40-19-23-8-3-1-4-9-23/h1-14,16,18,26,29,40H,15,17,19-22H2,(H,41,43). The van der Waals surface area contributed by atoms with E-state index in [-0.39, 0.29) is 47.4 Å². The quantitative estimate of drug-likeness (QED) is 0.188. The number of nitrogens with zero attached hydrogens (tertiary/aromatic N) is 2. The van der Waals surface area contributed by atoms with E-state index in [0.29, 0.717) is 19.6 Å². The number of carbonyl (C=O) groups is 2. The number of carbonyl (C=O) groups excluding carboxylic acids is 2. The van der Waals surface area contributed by atoms with Crippen LogP contribution in [0, 0.1) is 0 Å². The largest absolute Gasteiger partial charge is 0.437 e. The lowest BCUT2D eigenvalue weighted by molar-refractivity contribution is -0.137. The maximum Gasteiger partial charge on any atom is 0.416 e. The Morgan fingerprint density at radius 1 is 0.978 bits per heavy atom. The van der Waals surface area contributed by atoms with Gasteiger partial charge in [-0.1, -0.05) is 72.3 Å². The van der Waals surface area contributed by atoms with Gasteiger partial charge in [0.2, 0.25) is 11.8 Å². The fourth-order valence-electron chi connectivity index (χ4n) is 4.99. The molecule has 1 aromatic heterocycles. The summed E-state index contributed by atoms with van der Waals surface area (Å²) in [6, 6.07) is 24.0. The minimum atomic E-state index is -4.59. The number of halogens is 4. The molecule has 8 nitrogen and oxygen atoms in total. The molecular formula is C34H32ClF3N4O4. The number of rotatable bonds is 12. The van der Waals surface area contributed by atoms with Crippen molar-refractivity contribution in [2.45, 2.75) is 37.8 Å². The van der Waals surface area contributed by atoms with Gasteiger partial charge < -0.3 is 25.0 Å². The smallest absolute Gasteiger partial charge is 0.416 e. The topological polar surface area (TPSA) is 92.8 Å². The van der Waals surface area contributed by atoms with Gasteiger partial charge >= 0.3 is 6.18 Å². The Labute approximate surface area is 269 Å². The number of aromatic nitrogens is 1. The lowest BCUT2D eigenvalue weighted by Gasteiger charge is -2.25. The van der Waals surface area contributed by atoms with Crippen LogP contribution in [0.5, 0.6) is 11.6 Å². The third-order valence-corrected chi connectivity index (χ3v) is 7.71. The van der Waals surface area contributed by atoms with E-state index < -0.39 is 23.7 Å². The number of ether oxygens (including phenoxy) is 2. The van der Waals surface area contributed by atoms with Crippen molar-refractivity contribution in [3.05, 3.63) is 124 Å². The van der Waals surface area contributed by atoms with Crippen molar-refractivity contribution in [3.63, 3.8) is 0 Å². The average molecular weight is 653 g/mol. The zero-order valence-corrected chi connectivity index (χ0v) is 25.4. The van der Waals surface area contributed by atoms with Crippen LogP contribution in [0.3, 0.4) is 0 Å². The first-order chi connectivity index (χ1) is 22.2. The number of alkyl halides is 3. The number of pyridine rings is 1. The molecule has 0 bridgehead atoms. The Bertz CT molecular complexity index is 1630. The summed E-state index contributed by atoms with van der Waals surface area (Å²) >= 11 is 6.07. The van der Waals surface area contributed by atoms with Gasteiger partial charge in [0.25, 0.3) is 5.91 Å². The highest BCUT2D eigenvalue weighted by Gasteiger charge is 2.33. The summed E-state index contributed by atoms with van der Waals surface area (Å²) in [5, 5.41) is 5.94. The van der Waals surface area contributed by atoms with Crippen LogP contribution < -0.4 is 15.4 Å². The lowest BCUT2D eigenvalue weighted by atomic mass is 10.2. The zero-order chi connectivity index (χ0) is 32.5. The number of likely N-dealkylation sites (tertiary alicyclic amines) is 1. The van der Waals surface area contributed by atoms with Gasteiger partial charge in [0.15, 0.2) is 0 Å². The molecule has 0 spiro atoms. The van der Waals surface area contributed by atoms with Crippen LogP contribution in [0.4, 0.5) is 13.2 Å². The molecule has 1 aliphatic rings. The molecule has 1 saturated heterocycles. The van der Waals surface area contributed by atoms with E-state index >= 15 is 0 Å². The molecule has 2 atom stereocenters. The second-order valence-electron chi connectivity index (χ2n) is 10.8. The van der Waals surface area contributed by atoms with Crippen LogP contribution in [-0.4, -0.2) is 53.5 Å². The van der Waals surface area contributed by atoms with Crippen LogP contribution in [0.1, 0.15) is 33.5 Å². The molecule has 240 valence electrons. The van der Waals surface area contributed by atoms with Gasteiger partial charge in [0.1, 0.15) is 17.4 Å². The van der Waals surface area contributed by atoms with Crippen LogP contribution >= 0.6 is 11.6 Å². The predicted molar refractivity (Wildman–Crippen MR) is 166 cm³/mol. The highest BCUT2D eigenvalue weighted by molar-refractivity contribution is 6.32. The summed E-state index contributed by atoms with van der Waals surface area (Å²) in [7, 11) is 0. The van der Waals surface area contributed by atoms with Crippen LogP contribution in [0.25, 0.3) is 0 Å². The average Bonchev–Trinajstić information content (AvgIpc) is 3.54. The van der Waals surface area contributed by atoms with Crippen molar-refractivity contribution in [1.82, 2.24) is 20.5 Å². The number of nitrogens with one attached hydrogen (secondary N) is 2. The number of benzene rings is 3. The minimum Gasteiger partial charge on any atom is -0.437 e. The summed E-state index contributed by atoms with van der Waals surface area (Å²) in [5.74, 6) is -1.29. The van der Waals surface area contributed by atoms with Gasteiger partial charge in [-0.15, -0.1) is 0 Å². The summed E-state index contributed by atoms with van der Waals surface area (Å²) in [6.07, 6.45) is -2.48. The Hall–Kier alpha value is -4.45. The molecule has 2 N–H and O–H groups in total. The lowest BCUT2D eigenvalue weighted by Crippen LogP contribution is -2.51. The first kappa shape index (κ1) is 32.9. The fraction of sp³-hybridized carbons (Fsp3) is 0.265. The summed E-state index contributed by atoms with van der Waals surface area (Å²) < 4.78 is 50.9. The number of hydrogen-bond acceptors (Lipinski definition) is 6. The van der Waals surface area contributed by atoms with Gasteiger partial charge in [-0.05, 0) is 47.9 Å². The maximum absolute atomic E-state index is 13.8. The molecule has 12 heteroatoms.